The molecule has 0 unspecified atom stereocenters. The number of esters is 1. The van der Waals surface area contributed by atoms with Crippen LogP contribution in [0.2, 0.25) is 0 Å². The van der Waals surface area contributed by atoms with E-state index in [0.717, 1.165) is 11.3 Å². The molecule has 3 rings (SSSR count). The monoisotopic (exact) mass is 343 g/mol. The highest BCUT2D eigenvalue weighted by atomic mass is 32.1. The molecule has 0 aliphatic rings. The lowest BCUT2D eigenvalue weighted by Crippen LogP contribution is -2.20. The van der Waals surface area contributed by atoms with Crippen LogP contribution < -0.4 is 5.32 Å². The second kappa shape index (κ2) is 6.80. The van der Waals surface area contributed by atoms with E-state index in [9.17, 15) is 14.0 Å². The van der Waals surface area contributed by atoms with Gasteiger partial charge in [0.15, 0.2) is 6.61 Å². The number of thiophene rings is 1. The fourth-order valence-corrected chi connectivity index (χ4v) is 3.48. The second-order valence-corrected chi connectivity index (χ2v) is 6.21. The number of para-hydroxylation sites is 1. The van der Waals surface area contributed by atoms with Crippen LogP contribution >= 0.6 is 11.3 Å². The molecule has 6 heteroatoms. The van der Waals surface area contributed by atoms with Crippen LogP contribution in [-0.2, 0) is 9.53 Å². The molecule has 0 bridgehead atoms. The predicted octanol–water partition coefficient (Wildman–Crippen LogP) is 4.14. The van der Waals surface area contributed by atoms with Gasteiger partial charge >= 0.3 is 5.97 Å². The summed E-state index contributed by atoms with van der Waals surface area (Å²) in [5, 5.41) is 3.05. The molecule has 1 amide bonds. The van der Waals surface area contributed by atoms with Crippen molar-refractivity contribution in [3.05, 3.63) is 64.8 Å². The molecule has 4 nitrogen and oxygen atoms in total. The quantitative estimate of drug-likeness (QED) is 0.724. The van der Waals surface area contributed by atoms with Crippen molar-refractivity contribution in [2.75, 3.05) is 11.9 Å². The first-order valence-electron chi connectivity index (χ1n) is 7.26. The van der Waals surface area contributed by atoms with Crippen molar-refractivity contribution in [3.63, 3.8) is 0 Å². The molecule has 2 aromatic carbocycles. The van der Waals surface area contributed by atoms with E-state index in [4.69, 9.17) is 4.74 Å². The highest BCUT2D eigenvalue weighted by Crippen LogP contribution is 2.32. The summed E-state index contributed by atoms with van der Waals surface area (Å²) in [6.45, 7) is 1.27. The molecule has 1 heterocycles. The molecular formula is C18H14FNO3S. The van der Waals surface area contributed by atoms with Crippen LogP contribution in [0.1, 0.15) is 15.2 Å². The number of aryl methyl sites for hydroxylation is 1. The van der Waals surface area contributed by atoms with Gasteiger partial charge in [0.2, 0.25) is 0 Å². The lowest BCUT2D eigenvalue weighted by atomic mass is 10.1. The number of carbonyl (C=O) groups excluding carboxylic acids is 2. The van der Waals surface area contributed by atoms with Gasteiger partial charge in [-0.05, 0) is 36.8 Å². The molecule has 0 radical (unpaired) electrons. The van der Waals surface area contributed by atoms with Crippen molar-refractivity contribution in [3.8, 4) is 0 Å². The van der Waals surface area contributed by atoms with E-state index < -0.39 is 18.5 Å². The first-order valence-corrected chi connectivity index (χ1v) is 8.07. The molecule has 0 fully saturated rings. The van der Waals surface area contributed by atoms with Crippen LogP contribution in [0.4, 0.5) is 10.1 Å². The normalized spacial score (nSPS) is 10.6. The minimum atomic E-state index is -0.628. The Bertz CT molecular complexity index is 905. The van der Waals surface area contributed by atoms with Gasteiger partial charge in [0.1, 0.15) is 10.7 Å². The van der Waals surface area contributed by atoms with Crippen molar-refractivity contribution in [2.24, 2.45) is 0 Å². The molecule has 1 N–H and O–H groups in total. The number of fused-ring (bicyclic) bond motifs is 1. The second-order valence-electron chi connectivity index (χ2n) is 5.16. The number of rotatable bonds is 4. The summed E-state index contributed by atoms with van der Waals surface area (Å²) in [6.07, 6.45) is 0. The first-order chi connectivity index (χ1) is 11.6. The van der Waals surface area contributed by atoms with E-state index in [1.165, 1.54) is 6.07 Å². The van der Waals surface area contributed by atoms with E-state index >= 15 is 0 Å². The van der Waals surface area contributed by atoms with Gasteiger partial charge in [0.25, 0.3) is 5.91 Å². The smallest absolute Gasteiger partial charge is 0.349 e. The Kier molecular flexibility index (Phi) is 4.57. The van der Waals surface area contributed by atoms with Crippen molar-refractivity contribution in [2.45, 2.75) is 6.92 Å². The summed E-state index contributed by atoms with van der Waals surface area (Å²) in [5.41, 5.74) is 1.15. The van der Waals surface area contributed by atoms with E-state index in [1.807, 2.05) is 6.07 Å². The highest BCUT2D eigenvalue weighted by Gasteiger charge is 2.19. The third-order valence-electron chi connectivity index (χ3n) is 3.48. The van der Waals surface area contributed by atoms with Gasteiger partial charge < -0.3 is 10.1 Å². The highest BCUT2D eigenvalue weighted by molar-refractivity contribution is 7.21. The molecule has 0 aliphatic heterocycles. The van der Waals surface area contributed by atoms with Crippen LogP contribution in [0.3, 0.4) is 0 Å². The number of hydrogen-bond donors (Lipinski definition) is 1. The summed E-state index contributed by atoms with van der Waals surface area (Å²) in [6, 6.07) is 13.6. The number of benzene rings is 2. The van der Waals surface area contributed by atoms with Crippen molar-refractivity contribution >= 4 is 39.0 Å². The van der Waals surface area contributed by atoms with Gasteiger partial charge in [-0.25, -0.2) is 9.18 Å². The Labute approximate surface area is 141 Å². The Morgan fingerprint density at radius 3 is 2.58 bits per heavy atom. The Morgan fingerprint density at radius 1 is 1.12 bits per heavy atom. The minimum Gasteiger partial charge on any atom is -0.451 e. The minimum absolute atomic E-state index is 0.308. The number of halogens is 1. The van der Waals surface area contributed by atoms with Crippen molar-refractivity contribution < 1.29 is 18.7 Å². The maximum absolute atomic E-state index is 13.9. The number of amides is 1. The zero-order chi connectivity index (χ0) is 17.1. The largest absolute Gasteiger partial charge is 0.451 e. The Hall–Kier alpha value is -2.73. The molecule has 0 saturated carbocycles. The average molecular weight is 343 g/mol. The van der Waals surface area contributed by atoms with Crippen molar-refractivity contribution in [1.29, 1.82) is 0 Å². The van der Waals surface area contributed by atoms with Gasteiger partial charge in [-0.15, -0.1) is 11.3 Å². The van der Waals surface area contributed by atoms with Crippen molar-refractivity contribution in [1.82, 2.24) is 0 Å². The lowest BCUT2D eigenvalue weighted by molar-refractivity contribution is -0.119. The Balaban J connectivity index is 1.68. The molecule has 24 heavy (non-hydrogen) atoms. The van der Waals surface area contributed by atoms with E-state index in [-0.39, 0.29) is 5.82 Å². The number of anilines is 1. The summed E-state index contributed by atoms with van der Waals surface area (Å²) in [4.78, 5) is 24.3. The molecule has 3 aromatic rings. The molecule has 0 spiro atoms. The molecule has 0 aliphatic carbocycles. The van der Waals surface area contributed by atoms with Gasteiger partial charge in [-0.3, -0.25) is 4.79 Å². The molecule has 0 saturated heterocycles. The van der Waals surface area contributed by atoms with Crippen LogP contribution in [-0.4, -0.2) is 18.5 Å². The summed E-state index contributed by atoms with van der Waals surface area (Å²) < 4.78 is 19.6. The van der Waals surface area contributed by atoms with E-state index in [2.05, 4.69) is 5.32 Å². The third-order valence-corrected chi connectivity index (χ3v) is 4.72. The van der Waals surface area contributed by atoms with Gasteiger partial charge in [0, 0.05) is 15.8 Å². The first kappa shape index (κ1) is 16.1. The van der Waals surface area contributed by atoms with Gasteiger partial charge in [0.05, 0.1) is 0 Å². The number of hydrogen-bond acceptors (Lipinski definition) is 4. The van der Waals surface area contributed by atoms with Crippen LogP contribution in [0.25, 0.3) is 10.1 Å². The number of nitrogens with one attached hydrogen (secondary N) is 1. The fourth-order valence-electron chi connectivity index (χ4n) is 2.36. The van der Waals surface area contributed by atoms with Crippen LogP contribution in [0, 0.1) is 12.7 Å². The standard InChI is InChI=1S/C18H14FNO3S/c1-11-16-13(19)8-5-9-14(16)24-17(11)18(22)23-10-15(21)20-12-6-3-2-4-7-12/h2-9H,10H2,1H3,(H,20,21). The summed E-state index contributed by atoms with van der Waals surface area (Å²) in [7, 11) is 0. The molecule has 1 aromatic heterocycles. The SMILES string of the molecule is Cc1c(C(=O)OCC(=O)Nc2ccccc2)sc2cccc(F)c12. The predicted molar refractivity (Wildman–Crippen MR) is 91.9 cm³/mol. The topological polar surface area (TPSA) is 55.4 Å². The zero-order valence-electron chi connectivity index (χ0n) is 12.8. The van der Waals surface area contributed by atoms with Gasteiger partial charge in [-0.2, -0.15) is 0 Å². The number of ether oxygens (including phenoxy) is 1. The van der Waals surface area contributed by atoms with Crippen LogP contribution in [0.15, 0.2) is 48.5 Å². The lowest BCUT2D eigenvalue weighted by Gasteiger charge is -2.06. The molecular weight excluding hydrogens is 329 g/mol. The summed E-state index contributed by atoms with van der Waals surface area (Å²) in [5.74, 6) is -1.43. The van der Waals surface area contributed by atoms with E-state index in [0.29, 0.717) is 26.2 Å². The van der Waals surface area contributed by atoms with Crippen LogP contribution in [0.5, 0.6) is 0 Å². The number of carbonyl (C=O) groups is 2. The maximum atomic E-state index is 13.9. The average Bonchev–Trinajstić information content (AvgIpc) is 2.92. The Morgan fingerprint density at radius 2 is 1.88 bits per heavy atom. The maximum Gasteiger partial charge on any atom is 0.349 e. The third kappa shape index (κ3) is 3.28. The summed E-state index contributed by atoms with van der Waals surface area (Å²) >= 11 is 1.16. The molecule has 0 atom stereocenters. The van der Waals surface area contributed by atoms with Gasteiger partial charge in [-0.1, -0.05) is 24.3 Å². The molecule has 122 valence electrons. The zero-order valence-corrected chi connectivity index (χ0v) is 13.7. The fraction of sp³-hybridized carbons (Fsp3) is 0.111. The van der Waals surface area contributed by atoms with E-state index in [1.54, 1.807) is 43.3 Å².